The molecule has 2 aromatic heterocycles. The smallest absolute Gasteiger partial charge is 0.177 e. The number of fused-ring (bicyclic) bond motifs is 1. The van der Waals surface area contributed by atoms with E-state index in [1.807, 2.05) is 4.52 Å². The highest BCUT2D eigenvalue weighted by Crippen LogP contribution is 2.31. The van der Waals surface area contributed by atoms with E-state index in [4.69, 9.17) is 5.10 Å². The highest BCUT2D eigenvalue weighted by molar-refractivity contribution is 5.37. The fourth-order valence-corrected chi connectivity index (χ4v) is 4.43. The summed E-state index contributed by atoms with van der Waals surface area (Å²) in [6.07, 6.45) is 9.42. The monoisotopic (exact) mass is 341 g/mol. The number of aromatic nitrogens is 4. The Morgan fingerprint density at radius 1 is 0.920 bits per heavy atom. The fourth-order valence-electron chi connectivity index (χ4n) is 4.43. The van der Waals surface area contributed by atoms with Gasteiger partial charge in [0.1, 0.15) is 0 Å². The molecule has 3 heterocycles. The Hall–Kier alpha value is -1.49. The Kier molecular flexibility index (Phi) is 4.52. The van der Waals surface area contributed by atoms with E-state index >= 15 is 0 Å². The SMILES string of the molecule is CC(C)(C)c1ccc2nnc(C3CCN(C4CCCCC4)CC3)n2n1. The van der Waals surface area contributed by atoms with Crippen molar-refractivity contribution in [2.24, 2.45) is 0 Å². The average Bonchev–Trinajstić information content (AvgIpc) is 3.05. The van der Waals surface area contributed by atoms with Gasteiger partial charge in [-0.05, 0) is 50.9 Å². The lowest BCUT2D eigenvalue weighted by Gasteiger charge is -2.38. The highest BCUT2D eigenvalue weighted by Gasteiger charge is 2.29. The van der Waals surface area contributed by atoms with Gasteiger partial charge in [-0.3, -0.25) is 0 Å². The lowest BCUT2D eigenvalue weighted by atomic mass is 9.90. The molecule has 5 nitrogen and oxygen atoms in total. The van der Waals surface area contributed by atoms with Gasteiger partial charge < -0.3 is 4.90 Å². The van der Waals surface area contributed by atoms with Gasteiger partial charge in [-0.25, -0.2) is 0 Å². The number of piperidine rings is 1. The molecule has 2 aromatic rings. The molecule has 4 rings (SSSR count). The van der Waals surface area contributed by atoms with Crippen molar-refractivity contribution in [3.8, 4) is 0 Å². The standard InChI is InChI=1S/C20H31N5/c1-20(2,3)17-9-10-18-21-22-19(25(18)23-17)15-11-13-24(14-12-15)16-7-5-4-6-8-16/h9-10,15-16H,4-8,11-14H2,1-3H3. The molecule has 136 valence electrons. The Morgan fingerprint density at radius 2 is 1.64 bits per heavy atom. The molecule has 0 aromatic carbocycles. The van der Waals surface area contributed by atoms with Crippen LogP contribution < -0.4 is 0 Å². The third-order valence-corrected chi connectivity index (χ3v) is 6.04. The van der Waals surface area contributed by atoms with Crippen molar-refractivity contribution in [3.05, 3.63) is 23.7 Å². The maximum atomic E-state index is 4.87. The van der Waals surface area contributed by atoms with E-state index in [1.165, 1.54) is 58.0 Å². The van der Waals surface area contributed by atoms with Gasteiger partial charge in [-0.1, -0.05) is 40.0 Å². The predicted octanol–water partition coefficient (Wildman–Crippen LogP) is 3.93. The second-order valence-electron chi connectivity index (χ2n) is 8.90. The minimum atomic E-state index is 0.0417. The highest BCUT2D eigenvalue weighted by atomic mass is 15.4. The van der Waals surface area contributed by atoms with E-state index in [2.05, 4.69) is 48.0 Å². The third-order valence-electron chi connectivity index (χ3n) is 6.04. The van der Waals surface area contributed by atoms with Crippen molar-refractivity contribution in [2.45, 2.75) is 83.1 Å². The van der Waals surface area contributed by atoms with Crippen LogP contribution in [-0.2, 0) is 5.41 Å². The summed E-state index contributed by atoms with van der Waals surface area (Å²) in [7, 11) is 0. The molecule has 5 heteroatoms. The maximum Gasteiger partial charge on any atom is 0.177 e. The molecule has 0 spiro atoms. The van der Waals surface area contributed by atoms with Crippen molar-refractivity contribution in [1.29, 1.82) is 0 Å². The van der Waals surface area contributed by atoms with Crippen molar-refractivity contribution < 1.29 is 0 Å². The van der Waals surface area contributed by atoms with E-state index in [-0.39, 0.29) is 5.41 Å². The zero-order chi connectivity index (χ0) is 17.4. The van der Waals surface area contributed by atoms with Crippen molar-refractivity contribution in [3.63, 3.8) is 0 Å². The molecule has 1 aliphatic heterocycles. The van der Waals surface area contributed by atoms with Crippen molar-refractivity contribution in [1.82, 2.24) is 24.7 Å². The van der Waals surface area contributed by atoms with Crippen molar-refractivity contribution in [2.75, 3.05) is 13.1 Å². The summed E-state index contributed by atoms with van der Waals surface area (Å²) in [5.41, 5.74) is 2.01. The molecule has 0 radical (unpaired) electrons. The van der Waals surface area contributed by atoms with E-state index in [0.717, 1.165) is 23.2 Å². The first-order valence-corrected chi connectivity index (χ1v) is 9.99. The van der Waals surface area contributed by atoms with Crippen LogP contribution in [0.1, 0.15) is 83.2 Å². The van der Waals surface area contributed by atoms with Crippen LogP contribution in [0.4, 0.5) is 0 Å². The summed E-state index contributed by atoms with van der Waals surface area (Å²) in [6.45, 7) is 9.00. The molecular weight excluding hydrogens is 310 g/mol. The Morgan fingerprint density at radius 3 is 2.32 bits per heavy atom. The molecule has 2 fully saturated rings. The lowest BCUT2D eigenvalue weighted by Crippen LogP contribution is -2.42. The van der Waals surface area contributed by atoms with E-state index < -0.39 is 0 Å². The zero-order valence-corrected chi connectivity index (χ0v) is 15.9. The van der Waals surface area contributed by atoms with Gasteiger partial charge in [-0.15, -0.1) is 10.2 Å². The van der Waals surface area contributed by atoms with Crippen molar-refractivity contribution >= 4 is 5.65 Å². The third kappa shape index (κ3) is 3.43. The van der Waals surface area contributed by atoms with E-state index in [9.17, 15) is 0 Å². The molecule has 2 aliphatic rings. The number of hydrogen-bond acceptors (Lipinski definition) is 4. The summed E-state index contributed by atoms with van der Waals surface area (Å²) in [5, 5.41) is 13.7. The summed E-state index contributed by atoms with van der Waals surface area (Å²) >= 11 is 0. The van der Waals surface area contributed by atoms with Crippen LogP contribution in [0.2, 0.25) is 0 Å². The van der Waals surface area contributed by atoms with Crippen LogP contribution in [0.5, 0.6) is 0 Å². The topological polar surface area (TPSA) is 46.3 Å². The summed E-state index contributed by atoms with van der Waals surface area (Å²) in [4.78, 5) is 2.73. The van der Waals surface area contributed by atoms with Crippen LogP contribution >= 0.6 is 0 Å². The molecule has 1 saturated carbocycles. The second-order valence-corrected chi connectivity index (χ2v) is 8.90. The van der Waals surface area contributed by atoms with Gasteiger partial charge in [0, 0.05) is 17.4 Å². The molecule has 0 bridgehead atoms. The van der Waals surface area contributed by atoms with Gasteiger partial charge in [0.15, 0.2) is 11.5 Å². The molecule has 1 saturated heterocycles. The van der Waals surface area contributed by atoms with Gasteiger partial charge >= 0.3 is 0 Å². The first-order valence-electron chi connectivity index (χ1n) is 9.99. The summed E-state index contributed by atoms with van der Waals surface area (Å²) in [5.74, 6) is 1.54. The Balaban J connectivity index is 1.51. The van der Waals surface area contributed by atoms with Crippen LogP contribution in [0.3, 0.4) is 0 Å². The number of nitrogens with zero attached hydrogens (tertiary/aromatic N) is 5. The zero-order valence-electron chi connectivity index (χ0n) is 15.9. The fraction of sp³-hybridized carbons (Fsp3) is 0.750. The maximum absolute atomic E-state index is 4.87. The first kappa shape index (κ1) is 17.0. The van der Waals surface area contributed by atoms with Crippen LogP contribution in [0.25, 0.3) is 5.65 Å². The molecule has 0 N–H and O–H groups in total. The predicted molar refractivity (Wildman–Crippen MR) is 99.9 cm³/mol. The number of likely N-dealkylation sites (tertiary alicyclic amines) is 1. The molecular formula is C20H31N5. The first-order chi connectivity index (χ1) is 12.0. The van der Waals surface area contributed by atoms with E-state index in [1.54, 1.807) is 0 Å². The Labute approximate surface area is 150 Å². The molecule has 0 atom stereocenters. The van der Waals surface area contributed by atoms with Crippen LogP contribution in [0.15, 0.2) is 12.1 Å². The molecule has 0 amide bonds. The summed E-state index contributed by atoms with van der Waals surface area (Å²) in [6, 6.07) is 4.97. The molecule has 1 aliphatic carbocycles. The normalized spacial score (nSPS) is 21.9. The number of hydrogen-bond donors (Lipinski definition) is 0. The lowest BCUT2D eigenvalue weighted by molar-refractivity contribution is 0.120. The minimum absolute atomic E-state index is 0.0417. The largest absolute Gasteiger partial charge is 0.300 e. The van der Waals surface area contributed by atoms with E-state index in [0.29, 0.717) is 5.92 Å². The minimum Gasteiger partial charge on any atom is -0.300 e. The summed E-state index contributed by atoms with van der Waals surface area (Å²) < 4.78 is 2.00. The van der Waals surface area contributed by atoms with Gasteiger partial charge in [0.2, 0.25) is 0 Å². The van der Waals surface area contributed by atoms with Gasteiger partial charge in [0.05, 0.1) is 5.69 Å². The quantitative estimate of drug-likeness (QED) is 0.830. The Bertz CT molecular complexity index is 715. The average molecular weight is 342 g/mol. The molecule has 0 unspecified atom stereocenters. The molecule has 25 heavy (non-hydrogen) atoms. The van der Waals surface area contributed by atoms with Gasteiger partial charge in [0.25, 0.3) is 0 Å². The second kappa shape index (κ2) is 6.67. The number of rotatable bonds is 2. The van der Waals surface area contributed by atoms with Crippen LogP contribution in [0, 0.1) is 0 Å². The van der Waals surface area contributed by atoms with Crippen LogP contribution in [-0.4, -0.2) is 43.8 Å². The van der Waals surface area contributed by atoms with Gasteiger partial charge in [-0.2, -0.15) is 9.61 Å².